The molecule has 1 saturated heterocycles. The smallest absolute Gasteiger partial charge is 0.244 e. The van der Waals surface area contributed by atoms with Gasteiger partial charge in [-0.1, -0.05) is 0 Å². The quantitative estimate of drug-likeness (QED) is 0.690. The molecule has 0 aliphatic carbocycles. The molecule has 0 bridgehead atoms. The van der Waals surface area contributed by atoms with Gasteiger partial charge in [0.05, 0.1) is 11.4 Å². The molecule has 2 rings (SSSR count). The van der Waals surface area contributed by atoms with E-state index in [0.717, 1.165) is 25.9 Å². The highest BCUT2D eigenvalue weighted by Crippen LogP contribution is 2.19. The summed E-state index contributed by atoms with van der Waals surface area (Å²) < 4.78 is 27.8. The van der Waals surface area contributed by atoms with Crippen molar-refractivity contribution in [3.63, 3.8) is 0 Å². The summed E-state index contributed by atoms with van der Waals surface area (Å²) in [6.07, 6.45) is 2.19. The number of hydrogen-bond donors (Lipinski definition) is 3. The van der Waals surface area contributed by atoms with Crippen LogP contribution in [-0.4, -0.2) is 57.2 Å². The number of nitrogens with one attached hydrogen (secondary N) is 3. The Kier molecular flexibility index (Phi) is 5.37. The van der Waals surface area contributed by atoms with E-state index in [0.29, 0.717) is 30.4 Å². The van der Waals surface area contributed by atoms with Gasteiger partial charge in [-0.3, -0.25) is 5.10 Å². The lowest BCUT2D eigenvalue weighted by atomic mass is 9.99. The largest absolute Gasteiger partial charge is 0.314 e. The van der Waals surface area contributed by atoms with Crippen molar-refractivity contribution in [2.24, 2.45) is 5.92 Å². The van der Waals surface area contributed by atoms with Gasteiger partial charge in [0.1, 0.15) is 4.90 Å². The Hall–Kier alpha value is -0.960. The van der Waals surface area contributed by atoms with E-state index in [1.807, 2.05) is 0 Å². The third-order valence-electron chi connectivity index (χ3n) is 3.86. The van der Waals surface area contributed by atoms with Crippen LogP contribution in [0.3, 0.4) is 0 Å². The van der Waals surface area contributed by atoms with Crippen molar-refractivity contribution >= 4 is 10.0 Å². The number of piperidine rings is 1. The Morgan fingerprint density at radius 1 is 1.48 bits per heavy atom. The number of rotatable bonds is 6. The second-order valence-electron chi connectivity index (χ2n) is 5.78. The van der Waals surface area contributed by atoms with Gasteiger partial charge in [-0.2, -0.15) is 5.10 Å². The Morgan fingerprint density at radius 2 is 2.24 bits per heavy atom. The number of sulfonamides is 1. The molecule has 1 aromatic heterocycles. The van der Waals surface area contributed by atoms with Crippen molar-refractivity contribution in [2.45, 2.75) is 31.2 Å². The molecule has 120 valence electrons. The van der Waals surface area contributed by atoms with E-state index in [1.54, 1.807) is 14.0 Å². The minimum absolute atomic E-state index is 0.279. The first-order valence-corrected chi connectivity index (χ1v) is 8.79. The normalized spacial score (nSPS) is 20.8. The molecule has 21 heavy (non-hydrogen) atoms. The van der Waals surface area contributed by atoms with Gasteiger partial charge in [0, 0.05) is 19.6 Å². The molecule has 0 aromatic carbocycles. The number of nitrogens with zero attached hydrogens (tertiary/aromatic N) is 2. The third kappa shape index (κ3) is 4.03. The number of likely N-dealkylation sites (tertiary alicyclic amines) is 1. The molecule has 1 aliphatic heterocycles. The third-order valence-corrected chi connectivity index (χ3v) is 5.48. The Bertz CT molecular complexity index is 569. The summed E-state index contributed by atoms with van der Waals surface area (Å²) in [5.74, 6) is 0.374. The second kappa shape index (κ2) is 6.87. The van der Waals surface area contributed by atoms with E-state index in [-0.39, 0.29) is 4.90 Å². The van der Waals surface area contributed by atoms with Gasteiger partial charge in [-0.25, -0.2) is 13.1 Å². The topological polar surface area (TPSA) is 90.1 Å². The number of H-pyrrole nitrogens is 1. The summed E-state index contributed by atoms with van der Waals surface area (Å²) in [4.78, 5) is 2.53. The summed E-state index contributed by atoms with van der Waals surface area (Å²) in [5, 5.41) is 9.76. The lowest BCUT2D eigenvalue weighted by molar-refractivity contribution is 0.211. The fraction of sp³-hybridized carbons (Fsp3) is 0.769. The predicted octanol–water partition coefficient (Wildman–Crippen LogP) is 0.0576. The minimum Gasteiger partial charge on any atom is -0.314 e. The van der Waals surface area contributed by atoms with E-state index < -0.39 is 10.0 Å². The summed E-state index contributed by atoms with van der Waals surface area (Å²) in [5.41, 5.74) is 1.11. The maximum absolute atomic E-state index is 12.5. The molecule has 8 heteroatoms. The highest BCUT2D eigenvalue weighted by Gasteiger charge is 2.26. The number of aryl methyl sites for hydroxylation is 1. The van der Waals surface area contributed by atoms with Crippen molar-refractivity contribution in [1.82, 2.24) is 25.1 Å². The number of aromatic amines is 1. The molecular formula is C13H25N5O2S. The molecule has 2 heterocycles. The van der Waals surface area contributed by atoms with Crippen LogP contribution in [-0.2, 0) is 16.6 Å². The van der Waals surface area contributed by atoms with E-state index >= 15 is 0 Å². The van der Waals surface area contributed by atoms with E-state index in [2.05, 4.69) is 32.2 Å². The summed E-state index contributed by atoms with van der Waals surface area (Å²) in [6, 6.07) is 0. The molecule has 7 nitrogen and oxygen atoms in total. The molecule has 1 fully saturated rings. The second-order valence-corrected chi connectivity index (χ2v) is 7.48. The average molecular weight is 315 g/mol. The molecule has 1 aromatic rings. The van der Waals surface area contributed by atoms with Gasteiger partial charge < -0.3 is 10.2 Å². The van der Waals surface area contributed by atoms with Gasteiger partial charge in [-0.15, -0.1) is 0 Å². The van der Waals surface area contributed by atoms with Gasteiger partial charge in [-0.05, 0) is 46.3 Å². The molecule has 0 saturated carbocycles. The van der Waals surface area contributed by atoms with E-state index in [9.17, 15) is 8.42 Å². The fourth-order valence-electron chi connectivity index (χ4n) is 2.85. The molecule has 1 unspecified atom stereocenters. The lowest BCUT2D eigenvalue weighted by Gasteiger charge is -2.29. The summed E-state index contributed by atoms with van der Waals surface area (Å²) >= 11 is 0. The SMILES string of the molecule is CNCc1n[nH]c(C)c1S(=O)(=O)NCC1CCCN(C)C1. The number of aromatic nitrogens is 2. The molecule has 0 radical (unpaired) electrons. The van der Waals surface area contributed by atoms with Crippen LogP contribution in [0.1, 0.15) is 24.2 Å². The van der Waals surface area contributed by atoms with Crippen molar-refractivity contribution in [2.75, 3.05) is 33.7 Å². The minimum atomic E-state index is -3.52. The Balaban J connectivity index is 2.06. The van der Waals surface area contributed by atoms with Gasteiger partial charge in [0.25, 0.3) is 0 Å². The fourth-order valence-corrected chi connectivity index (χ4v) is 4.33. The molecule has 1 atom stereocenters. The van der Waals surface area contributed by atoms with Crippen molar-refractivity contribution in [3.05, 3.63) is 11.4 Å². The molecule has 0 spiro atoms. The van der Waals surface area contributed by atoms with Crippen LogP contribution in [0.4, 0.5) is 0 Å². The highest BCUT2D eigenvalue weighted by atomic mass is 32.2. The Labute approximate surface area is 126 Å². The van der Waals surface area contributed by atoms with Crippen LogP contribution < -0.4 is 10.0 Å². The molecular weight excluding hydrogens is 290 g/mol. The zero-order chi connectivity index (χ0) is 15.5. The zero-order valence-corrected chi connectivity index (χ0v) is 13.8. The van der Waals surface area contributed by atoms with E-state index in [1.165, 1.54) is 0 Å². The molecule has 1 aliphatic rings. The van der Waals surface area contributed by atoms with Crippen molar-refractivity contribution < 1.29 is 8.42 Å². The average Bonchev–Trinajstić information content (AvgIpc) is 2.79. The van der Waals surface area contributed by atoms with Crippen LogP contribution in [0, 0.1) is 12.8 Å². The van der Waals surface area contributed by atoms with Gasteiger partial charge >= 0.3 is 0 Å². The zero-order valence-electron chi connectivity index (χ0n) is 12.9. The van der Waals surface area contributed by atoms with Crippen molar-refractivity contribution in [3.8, 4) is 0 Å². The summed E-state index contributed by atoms with van der Waals surface area (Å²) in [6.45, 7) is 4.67. The standard InChI is InChI=1S/C13H25N5O2S/c1-10-13(12(8-14-2)17-16-10)21(19,20)15-7-11-5-4-6-18(3)9-11/h11,14-15H,4-9H2,1-3H3,(H,16,17). The predicted molar refractivity (Wildman–Crippen MR) is 81.5 cm³/mol. The van der Waals surface area contributed by atoms with Crippen molar-refractivity contribution in [1.29, 1.82) is 0 Å². The van der Waals surface area contributed by atoms with Gasteiger partial charge in [0.15, 0.2) is 0 Å². The maximum atomic E-state index is 12.5. The van der Waals surface area contributed by atoms with Gasteiger partial charge in [0.2, 0.25) is 10.0 Å². The maximum Gasteiger partial charge on any atom is 0.244 e. The Morgan fingerprint density at radius 3 is 2.90 bits per heavy atom. The molecule has 0 amide bonds. The highest BCUT2D eigenvalue weighted by molar-refractivity contribution is 7.89. The monoisotopic (exact) mass is 315 g/mol. The first-order valence-electron chi connectivity index (χ1n) is 7.30. The number of hydrogen-bond acceptors (Lipinski definition) is 5. The first kappa shape index (κ1) is 16.4. The molecule has 3 N–H and O–H groups in total. The van der Waals surface area contributed by atoms with Crippen LogP contribution in [0.25, 0.3) is 0 Å². The lowest BCUT2D eigenvalue weighted by Crippen LogP contribution is -2.39. The van der Waals surface area contributed by atoms with Crippen LogP contribution in [0.15, 0.2) is 4.90 Å². The van der Waals surface area contributed by atoms with Crippen LogP contribution in [0.5, 0.6) is 0 Å². The van der Waals surface area contributed by atoms with Crippen LogP contribution >= 0.6 is 0 Å². The summed E-state index contributed by atoms with van der Waals surface area (Å²) in [7, 11) is 0.325. The van der Waals surface area contributed by atoms with Crippen LogP contribution in [0.2, 0.25) is 0 Å². The van der Waals surface area contributed by atoms with E-state index in [4.69, 9.17) is 0 Å². The first-order chi connectivity index (χ1) is 9.94.